The van der Waals surface area contributed by atoms with Crippen LogP contribution in [0.5, 0.6) is 0 Å². The molecule has 1 fully saturated rings. The number of hydrogen-bond acceptors (Lipinski definition) is 3. The topological polar surface area (TPSA) is 64.3 Å². The van der Waals surface area contributed by atoms with Crippen LogP contribution in [0.2, 0.25) is 0 Å². The maximum Gasteiger partial charge on any atom is 0.237 e. The number of carbonyl (C=O) groups is 1. The number of ether oxygens (including phenoxy) is 1. The van der Waals surface area contributed by atoms with Gasteiger partial charge in [0.15, 0.2) is 0 Å². The lowest BCUT2D eigenvalue weighted by atomic mass is 9.89. The van der Waals surface area contributed by atoms with Gasteiger partial charge in [0, 0.05) is 13.2 Å². The summed E-state index contributed by atoms with van der Waals surface area (Å²) in [4.78, 5) is 11.9. The normalized spacial score (nSPS) is 23.5. The summed E-state index contributed by atoms with van der Waals surface area (Å²) in [5.74, 6) is -0.0458. The van der Waals surface area contributed by atoms with E-state index in [4.69, 9.17) is 10.5 Å². The lowest BCUT2D eigenvalue weighted by Gasteiger charge is -2.35. The van der Waals surface area contributed by atoms with Gasteiger partial charge >= 0.3 is 0 Å². The summed E-state index contributed by atoms with van der Waals surface area (Å²) in [6.45, 7) is 0. The van der Waals surface area contributed by atoms with Crippen LogP contribution in [0.25, 0.3) is 0 Å². The second-order valence-corrected chi connectivity index (χ2v) is 5.17. The summed E-state index contributed by atoms with van der Waals surface area (Å²) in [5, 5.41) is 2.97. The minimum Gasteiger partial charge on any atom is -0.381 e. The zero-order valence-corrected chi connectivity index (χ0v) is 11.3. The fraction of sp³-hybridized carbons (Fsp3) is 0.533. The molecule has 0 aliphatic heterocycles. The lowest BCUT2D eigenvalue weighted by Crippen LogP contribution is -2.52. The van der Waals surface area contributed by atoms with Gasteiger partial charge in [0.2, 0.25) is 5.91 Å². The van der Waals surface area contributed by atoms with Crippen molar-refractivity contribution in [3.63, 3.8) is 0 Å². The number of carbonyl (C=O) groups excluding carboxylic acids is 1. The number of benzene rings is 1. The SMILES string of the molecule is COC1CC(NC(=O)[C@@H](N)CCc2ccccc2)C1. The highest BCUT2D eigenvalue weighted by Gasteiger charge is 2.31. The summed E-state index contributed by atoms with van der Waals surface area (Å²) >= 11 is 0. The van der Waals surface area contributed by atoms with Gasteiger partial charge in [0.25, 0.3) is 0 Å². The van der Waals surface area contributed by atoms with Crippen LogP contribution in [0.15, 0.2) is 30.3 Å². The Morgan fingerprint density at radius 1 is 1.42 bits per heavy atom. The van der Waals surface area contributed by atoms with Crippen molar-refractivity contribution in [3.05, 3.63) is 35.9 Å². The largest absolute Gasteiger partial charge is 0.381 e. The van der Waals surface area contributed by atoms with Gasteiger partial charge in [-0.25, -0.2) is 0 Å². The molecule has 0 spiro atoms. The van der Waals surface area contributed by atoms with Gasteiger partial charge in [0.1, 0.15) is 0 Å². The fourth-order valence-corrected chi connectivity index (χ4v) is 2.28. The number of methoxy groups -OCH3 is 1. The molecule has 3 N–H and O–H groups in total. The summed E-state index contributed by atoms with van der Waals surface area (Å²) in [5.41, 5.74) is 7.13. The highest BCUT2D eigenvalue weighted by Crippen LogP contribution is 2.22. The minimum atomic E-state index is -0.429. The van der Waals surface area contributed by atoms with Crippen molar-refractivity contribution >= 4 is 5.91 Å². The van der Waals surface area contributed by atoms with Crippen LogP contribution in [-0.2, 0) is 16.0 Å². The maximum atomic E-state index is 11.9. The van der Waals surface area contributed by atoms with E-state index < -0.39 is 6.04 Å². The Kier molecular flexibility index (Phi) is 4.93. The average molecular weight is 262 g/mol. The van der Waals surface area contributed by atoms with Gasteiger partial charge < -0.3 is 15.8 Å². The number of hydrogen-bond donors (Lipinski definition) is 2. The van der Waals surface area contributed by atoms with Crippen LogP contribution in [-0.4, -0.2) is 31.2 Å². The molecule has 1 aromatic carbocycles. The number of aryl methyl sites for hydroxylation is 1. The third kappa shape index (κ3) is 4.04. The first-order valence-corrected chi connectivity index (χ1v) is 6.81. The van der Waals surface area contributed by atoms with E-state index in [0.717, 1.165) is 19.3 Å². The molecule has 0 radical (unpaired) electrons. The Balaban J connectivity index is 1.68. The van der Waals surface area contributed by atoms with E-state index in [2.05, 4.69) is 17.4 Å². The van der Waals surface area contributed by atoms with E-state index in [1.54, 1.807) is 7.11 Å². The van der Waals surface area contributed by atoms with Crippen LogP contribution >= 0.6 is 0 Å². The van der Waals surface area contributed by atoms with E-state index in [0.29, 0.717) is 12.5 Å². The second kappa shape index (κ2) is 6.68. The smallest absolute Gasteiger partial charge is 0.237 e. The van der Waals surface area contributed by atoms with Crippen LogP contribution < -0.4 is 11.1 Å². The van der Waals surface area contributed by atoms with Crippen LogP contribution in [0, 0.1) is 0 Å². The van der Waals surface area contributed by atoms with Gasteiger partial charge in [-0.05, 0) is 31.2 Å². The highest BCUT2D eigenvalue weighted by molar-refractivity contribution is 5.81. The number of amides is 1. The molecule has 1 amide bonds. The van der Waals surface area contributed by atoms with Crippen molar-refractivity contribution in [2.45, 2.75) is 43.9 Å². The molecular formula is C15H22N2O2. The summed E-state index contributed by atoms with van der Waals surface area (Å²) in [7, 11) is 1.70. The van der Waals surface area contributed by atoms with Gasteiger partial charge in [-0.15, -0.1) is 0 Å². The van der Waals surface area contributed by atoms with Gasteiger partial charge in [0.05, 0.1) is 12.1 Å². The average Bonchev–Trinajstić information content (AvgIpc) is 2.40. The Bertz CT molecular complexity index is 402. The molecule has 1 aromatic rings. The fourth-order valence-electron chi connectivity index (χ4n) is 2.28. The monoisotopic (exact) mass is 262 g/mol. The number of nitrogens with two attached hydrogens (primary N) is 1. The molecule has 0 aromatic heterocycles. The first-order chi connectivity index (χ1) is 9.19. The van der Waals surface area contributed by atoms with E-state index in [1.807, 2.05) is 18.2 Å². The Morgan fingerprint density at radius 2 is 2.11 bits per heavy atom. The van der Waals surface area contributed by atoms with E-state index >= 15 is 0 Å². The molecule has 1 aliphatic rings. The molecular weight excluding hydrogens is 240 g/mol. The Labute approximate surface area is 114 Å². The molecule has 1 atom stereocenters. The van der Waals surface area contributed by atoms with E-state index in [9.17, 15) is 4.79 Å². The highest BCUT2D eigenvalue weighted by atomic mass is 16.5. The van der Waals surface area contributed by atoms with Crippen molar-refractivity contribution in [1.82, 2.24) is 5.32 Å². The van der Waals surface area contributed by atoms with Gasteiger partial charge in [-0.2, -0.15) is 0 Å². The molecule has 4 heteroatoms. The molecule has 0 unspecified atom stereocenters. The standard InChI is InChI=1S/C15H22N2O2/c1-19-13-9-12(10-13)17-15(18)14(16)8-7-11-5-3-2-4-6-11/h2-6,12-14H,7-10,16H2,1H3,(H,17,18)/t12?,13?,14-/m0/s1. The molecule has 0 bridgehead atoms. The van der Waals surface area contributed by atoms with Crippen molar-refractivity contribution < 1.29 is 9.53 Å². The Hall–Kier alpha value is -1.39. The predicted molar refractivity (Wildman–Crippen MR) is 74.7 cm³/mol. The summed E-state index contributed by atoms with van der Waals surface area (Å²) < 4.78 is 5.18. The van der Waals surface area contributed by atoms with Crippen molar-refractivity contribution in [2.24, 2.45) is 5.73 Å². The van der Waals surface area contributed by atoms with Crippen molar-refractivity contribution in [3.8, 4) is 0 Å². The lowest BCUT2D eigenvalue weighted by molar-refractivity contribution is -0.124. The quantitative estimate of drug-likeness (QED) is 0.810. The van der Waals surface area contributed by atoms with Crippen molar-refractivity contribution in [1.29, 1.82) is 0 Å². The zero-order valence-electron chi connectivity index (χ0n) is 11.3. The number of nitrogens with one attached hydrogen (secondary N) is 1. The maximum absolute atomic E-state index is 11.9. The summed E-state index contributed by atoms with van der Waals surface area (Å²) in [6, 6.07) is 9.90. The van der Waals surface area contributed by atoms with Crippen LogP contribution in [0.4, 0.5) is 0 Å². The zero-order chi connectivity index (χ0) is 13.7. The minimum absolute atomic E-state index is 0.0458. The Morgan fingerprint density at radius 3 is 2.74 bits per heavy atom. The first kappa shape index (κ1) is 14.0. The molecule has 1 saturated carbocycles. The molecule has 0 saturated heterocycles. The van der Waals surface area contributed by atoms with E-state index in [-0.39, 0.29) is 11.9 Å². The molecule has 4 nitrogen and oxygen atoms in total. The predicted octanol–water partition coefficient (Wildman–Crippen LogP) is 1.24. The molecule has 19 heavy (non-hydrogen) atoms. The van der Waals surface area contributed by atoms with Gasteiger partial charge in [-0.1, -0.05) is 30.3 Å². The third-order valence-electron chi connectivity index (χ3n) is 3.70. The molecule has 0 heterocycles. The molecule has 2 rings (SSSR count). The third-order valence-corrected chi connectivity index (χ3v) is 3.70. The van der Waals surface area contributed by atoms with Gasteiger partial charge in [-0.3, -0.25) is 4.79 Å². The molecule has 104 valence electrons. The van der Waals surface area contributed by atoms with E-state index in [1.165, 1.54) is 5.56 Å². The van der Waals surface area contributed by atoms with Crippen LogP contribution in [0.3, 0.4) is 0 Å². The van der Waals surface area contributed by atoms with Crippen molar-refractivity contribution in [2.75, 3.05) is 7.11 Å². The number of rotatable bonds is 6. The molecule has 1 aliphatic carbocycles. The van der Waals surface area contributed by atoms with Crippen LogP contribution in [0.1, 0.15) is 24.8 Å². The summed E-state index contributed by atoms with van der Waals surface area (Å²) in [6.07, 6.45) is 3.60. The second-order valence-electron chi connectivity index (χ2n) is 5.17. The first-order valence-electron chi connectivity index (χ1n) is 6.81.